The Morgan fingerprint density at radius 3 is 1.91 bits per heavy atom. The highest BCUT2D eigenvalue weighted by Gasteiger charge is 2.44. The van der Waals surface area contributed by atoms with Crippen LogP contribution in [0.25, 0.3) is 0 Å². The molecular formula is C25H46O10. The largest absolute Gasteiger partial charge is 0.462 e. The molecule has 0 bridgehead atoms. The monoisotopic (exact) mass is 506 g/mol. The summed E-state index contributed by atoms with van der Waals surface area (Å²) in [7, 11) is 0. The van der Waals surface area contributed by atoms with Gasteiger partial charge in [0.15, 0.2) is 12.4 Å². The van der Waals surface area contributed by atoms with Crippen LogP contribution in [0.3, 0.4) is 0 Å². The fourth-order valence-corrected chi connectivity index (χ4v) is 3.77. The predicted octanol–water partition coefficient (Wildman–Crippen LogP) is 1.98. The van der Waals surface area contributed by atoms with Crippen molar-refractivity contribution in [2.75, 3.05) is 19.8 Å². The van der Waals surface area contributed by atoms with Gasteiger partial charge in [-0.25, -0.2) is 0 Å². The van der Waals surface area contributed by atoms with E-state index >= 15 is 0 Å². The van der Waals surface area contributed by atoms with Gasteiger partial charge in [0, 0.05) is 12.8 Å². The molecule has 0 aromatic heterocycles. The molecule has 0 amide bonds. The van der Waals surface area contributed by atoms with Crippen LogP contribution in [0, 0.1) is 0 Å². The summed E-state index contributed by atoms with van der Waals surface area (Å²) in [5.41, 5.74) is 0. The Labute approximate surface area is 208 Å². The lowest BCUT2D eigenvalue weighted by Crippen LogP contribution is -2.59. The highest BCUT2D eigenvalue weighted by Crippen LogP contribution is 2.22. The molecule has 2 unspecified atom stereocenters. The Bertz CT molecular complexity index is 570. The molecule has 10 nitrogen and oxygen atoms in total. The van der Waals surface area contributed by atoms with Crippen molar-refractivity contribution in [3.8, 4) is 0 Å². The first-order valence-electron chi connectivity index (χ1n) is 13.1. The van der Waals surface area contributed by atoms with Crippen LogP contribution in [-0.4, -0.2) is 89.0 Å². The minimum absolute atomic E-state index is 0.215. The Morgan fingerprint density at radius 2 is 1.34 bits per heavy atom. The summed E-state index contributed by atoms with van der Waals surface area (Å²) < 4.78 is 21.6. The summed E-state index contributed by atoms with van der Waals surface area (Å²) in [4.78, 5) is 24.4. The molecule has 6 atom stereocenters. The van der Waals surface area contributed by atoms with E-state index in [0.29, 0.717) is 6.42 Å². The molecule has 0 aliphatic carbocycles. The topological polar surface area (TPSA) is 152 Å². The highest BCUT2D eigenvalue weighted by atomic mass is 16.7. The Balaban J connectivity index is 2.58. The molecule has 0 aromatic rings. The van der Waals surface area contributed by atoms with Gasteiger partial charge in [-0.1, -0.05) is 65.2 Å². The van der Waals surface area contributed by atoms with Gasteiger partial charge in [0.25, 0.3) is 0 Å². The van der Waals surface area contributed by atoms with E-state index in [0.717, 1.165) is 57.8 Å². The third kappa shape index (κ3) is 13.0. The molecule has 206 valence electrons. The van der Waals surface area contributed by atoms with Gasteiger partial charge in [-0.05, 0) is 12.8 Å². The van der Waals surface area contributed by atoms with Crippen molar-refractivity contribution < 1.29 is 49.0 Å². The van der Waals surface area contributed by atoms with Crippen LogP contribution in [-0.2, 0) is 28.5 Å². The Morgan fingerprint density at radius 1 is 0.771 bits per heavy atom. The number of aliphatic hydroxyl groups excluding tert-OH is 4. The maximum atomic E-state index is 12.3. The molecule has 1 fully saturated rings. The summed E-state index contributed by atoms with van der Waals surface area (Å²) in [5.74, 6) is -0.838. The molecule has 1 aliphatic rings. The zero-order valence-electron chi connectivity index (χ0n) is 21.3. The van der Waals surface area contributed by atoms with E-state index in [1.54, 1.807) is 0 Å². The molecule has 1 saturated heterocycles. The van der Waals surface area contributed by atoms with E-state index in [1.165, 1.54) is 0 Å². The minimum atomic E-state index is -1.58. The minimum Gasteiger partial charge on any atom is -0.462 e. The van der Waals surface area contributed by atoms with Crippen molar-refractivity contribution in [2.24, 2.45) is 0 Å². The summed E-state index contributed by atoms with van der Waals surface area (Å²) in [5, 5.41) is 39.3. The van der Waals surface area contributed by atoms with Crippen LogP contribution < -0.4 is 0 Å². The van der Waals surface area contributed by atoms with Gasteiger partial charge in [0.05, 0.1) is 13.2 Å². The van der Waals surface area contributed by atoms with Crippen LogP contribution in [0.15, 0.2) is 0 Å². The average Bonchev–Trinajstić information content (AvgIpc) is 2.85. The molecule has 1 aliphatic heterocycles. The maximum Gasteiger partial charge on any atom is 0.306 e. The van der Waals surface area contributed by atoms with E-state index in [9.17, 15) is 30.0 Å². The molecule has 0 radical (unpaired) electrons. The van der Waals surface area contributed by atoms with Crippen LogP contribution in [0.4, 0.5) is 0 Å². The first-order valence-corrected chi connectivity index (χ1v) is 13.1. The molecule has 10 heteroatoms. The fraction of sp³-hybridized carbons (Fsp3) is 0.920. The lowest BCUT2D eigenvalue weighted by Gasteiger charge is -2.39. The van der Waals surface area contributed by atoms with Crippen LogP contribution in [0.1, 0.15) is 90.9 Å². The fourth-order valence-electron chi connectivity index (χ4n) is 3.77. The smallest absolute Gasteiger partial charge is 0.306 e. The second-order valence-electron chi connectivity index (χ2n) is 9.15. The number of hydrogen-bond donors (Lipinski definition) is 4. The number of rotatable bonds is 19. The van der Waals surface area contributed by atoms with Gasteiger partial charge in [0.2, 0.25) is 0 Å². The standard InChI is InChI=1S/C25H46O10/c1-3-5-7-9-11-13-20(27)32-16-18(34-21(28)14-12-10-8-6-4-2)17-33-25-24(31)23(30)22(29)19(15-26)35-25/h18-19,22-26,29-31H,3-17H2,1-2H3/t18?,19-,22+,23+,24-,25?/m1/s1. The summed E-state index contributed by atoms with van der Waals surface area (Å²) in [6.45, 7) is 3.16. The highest BCUT2D eigenvalue weighted by molar-refractivity contribution is 5.70. The zero-order chi connectivity index (χ0) is 26.1. The van der Waals surface area contributed by atoms with E-state index in [2.05, 4.69) is 13.8 Å². The van der Waals surface area contributed by atoms with Gasteiger partial charge < -0.3 is 39.4 Å². The van der Waals surface area contributed by atoms with Gasteiger partial charge >= 0.3 is 11.9 Å². The van der Waals surface area contributed by atoms with Crippen molar-refractivity contribution in [3.05, 3.63) is 0 Å². The molecule has 1 heterocycles. The summed E-state index contributed by atoms with van der Waals surface area (Å²) in [6, 6.07) is 0. The first kappa shape index (κ1) is 31.7. The van der Waals surface area contributed by atoms with Crippen LogP contribution in [0.2, 0.25) is 0 Å². The number of unbranched alkanes of at least 4 members (excludes halogenated alkanes) is 8. The number of carbonyl (C=O) groups excluding carboxylic acids is 2. The lowest BCUT2D eigenvalue weighted by molar-refractivity contribution is -0.305. The van der Waals surface area contributed by atoms with E-state index in [-0.39, 0.29) is 26.1 Å². The quantitative estimate of drug-likeness (QED) is 0.151. The third-order valence-corrected chi connectivity index (χ3v) is 5.99. The van der Waals surface area contributed by atoms with Gasteiger partial charge in [0.1, 0.15) is 31.0 Å². The number of carbonyl (C=O) groups is 2. The number of hydrogen-bond acceptors (Lipinski definition) is 10. The molecule has 35 heavy (non-hydrogen) atoms. The lowest BCUT2D eigenvalue weighted by atomic mass is 9.99. The number of ether oxygens (including phenoxy) is 4. The van der Waals surface area contributed by atoms with Gasteiger partial charge in [-0.3, -0.25) is 9.59 Å². The van der Waals surface area contributed by atoms with Crippen molar-refractivity contribution >= 4 is 11.9 Å². The molecular weight excluding hydrogens is 460 g/mol. The predicted molar refractivity (Wildman–Crippen MR) is 127 cm³/mol. The summed E-state index contributed by atoms with van der Waals surface area (Å²) in [6.07, 6.45) is 2.26. The van der Waals surface area contributed by atoms with E-state index < -0.39 is 55.4 Å². The third-order valence-electron chi connectivity index (χ3n) is 5.99. The molecule has 0 saturated carbocycles. The van der Waals surface area contributed by atoms with Crippen molar-refractivity contribution in [2.45, 2.75) is 128 Å². The zero-order valence-corrected chi connectivity index (χ0v) is 21.3. The molecule has 0 aromatic carbocycles. The maximum absolute atomic E-state index is 12.3. The van der Waals surface area contributed by atoms with E-state index in [4.69, 9.17) is 18.9 Å². The Hall–Kier alpha value is -1.30. The van der Waals surface area contributed by atoms with Crippen LogP contribution >= 0.6 is 0 Å². The second kappa shape index (κ2) is 18.9. The second-order valence-corrected chi connectivity index (χ2v) is 9.15. The van der Waals surface area contributed by atoms with Crippen molar-refractivity contribution in [1.82, 2.24) is 0 Å². The van der Waals surface area contributed by atoms with Gasteiger partial charge in [-0.2, -0.15) is 0 Å². The summed E-state index contributed by atoms with van der Waals surface area (Å²) >= 11 is 0. The molecule has 4 N–H and O–H groups in total. The molecule has 0 spiro atoms. The number of aliphatic hydroxyl groups is 4. The van der Waals surface area contributed by atoms with Crippen molar-refractivity contribution in [1.29, 1.82) is 0 Å². The Kier molecular flexibility index (Phi) is 17.1. The van der Waals surface area contributed by atoms with Crippen LogP contribution in [0.5, 0.6) is 0 Å². The first-order chi connectivity index (χ1) is 16.8. The SMILES string of the molecule is CCCCCCCC(=O)OCC(COC1O[C@H](CO)[C@H](O)[C@H](O)[C@H]1O)OC(=O)CCCCCCC. The average molecular weight is 507 g/mol. The van der Waals surface area contributed by atoms with Crippen molar-refractivity contribution in [3.63, 3.8) is 0 Å². The van der Waals surface area contributed by atoms with Gasteiger partial charge in [-0.15, -0.1) is 0 Å². The number of esters is 2. The van der Waals surface area contributed by atoms with E-state index in [1.807, 2.05) is 0 Å². The normalized spacial score (nSPS) is 25.3. The molecule has 1 rings (SSSR count).